The molecule has 0 aromatic heterocycles. The largest absolute Gasteiger partial charge is 0.455 e. The number of halogens is 1. The lowest BCUT2D eigenvalue weighted by atomic mass is 10.1. The monoisotopic (exact) mass is 374 g/mol. The summed E-state index contributed by atoms with van der Waals surface area (Å²) in [5.41, 5.74) is 8.63. The highest BCUT2D eigenvalue weighted by atomic mass is 127. The Morgan fingerprint density at radius 2 is 1.95 bits per heavy atom. The summed E-state index contributed by atoms with van der Waals surface area (Å²) in [5.74, 6) is 0.768. The van der Waals surface area contributed by atoms with Gasteiger partial charge in [-0.2, -0.15) is 0 Å². The van der Waals surface area contributed by atoms with Crippen LogP contribution in [0.15, 0.2) is 46.9 Å². The molecule has 3 N–H and O–H groups in total. The zero-order valence-corrected chi connectivity index (χ0v) is 12.6. The maximum Gasteiger partial charge on any atom is 0.148 e. The fourth-order valence-electron chi connectivity index (χ4n) is 2.36. The molecule has 2 heterocycles. The Hall–Kier alpha value is -1.95. The van der Waals surface area contributed by atoms with Crippen LogP contribution >= 0.6 is 20.7 Å². The summed E-state index contributed by atoms with van der Waals surface area (Å²) in [6, 6.07) is 13.6. The van der Waals surface area contributed by atoms with E-state index in [0.717, 1.165) is 32.9 Å². The molecule has 1 aliphatic carbocycles. The molecule has 0 bridgehead atoms. The number of fused-ring (bicyclic) bond motifs is 3. The average molecular weight is 374 g/mol. The van der Waals surface area contributed by atoms with Crippen LogP contribution in [0.1, 0.15) is 0 Å². The van der Waals surface area contributed by atoms with Gasteiger partial charge in [-0.15, -0.1) is 0 Å². The van der Waals surface area contributed by atoms with Crippen molar-refractivity contribution in [3.63, 3.8) is 0 Å². The predicted molar refractivity (Wildman–Crippen MR) is 86.7 cm³/mol. The second-order valence-electron chi connectivity index (χ2n) is 4.74. The lowest BCUT2D eigenvalue weighted by Gasteiger charge is -2.06. The fraction of sp³-hybridized carbons (Fsp3) is 0. The topological polar surface area (TPSA) is 63.0 Å². The molecular weight excluding hydrogens is 363 g/mol. The van der Waals surface area contributed by atoms with Crippen molar-refractivity contribution in [1.82, 2.24) is 0 Å². The number of anilines is 1. The highest BCUT2D eigenvalue weighted by Crippen LogP contribution is 2.24. The van der Waals surface area contributed by atoms with Gasteiger partial charge in [0.1, 0.15) is 11.2 Å². The molecule has 3 aliphatic rings. The van der Waals surface area contributed by atoms with E-state index in [0.29, 0.717) is 5.36 Å². The van der Waals surface area contributed by atoms with Crippen LogP contribution in [0.25, 0.3) is 15.4 Å². The van der Waals surface area contributed by atoms with E-state index in [-0.39, 0.29) is 20.7 Å². The summed E-state index contributed by atoms with van der Waals surface area (Å²) in [7, 11) is 0. The van der Waals surface area contributed by atoms with E-state index in [1.54, 1.807) is 12.1 Å². The molecule has 0 amide bonds. The summed E-state index contributed by atoms with van der Waals surface area (Å²) >= 11 is -0.211. The Morgan fingerprint density at radius 1 is 1.05 bits per heavy atom. The standard InChI is InChI=1S/C16H11IN2O/c18-11-3-4-13-10(5-11)8-17-14-6-9-1-2-12(19)7-15(9)20-16(13)14/h1-8,19H,18H2. The number of nitrogens with one attached hydrogen (secondary N) is 1. The van der Waals surface area contributed by atoms with E-state index >= 15 is 0 Å². The molecule has 4 rings (SSSR count). The highest BCUT2D eigenvalue weighted by Gasteiger charge is 2.06. The SMILES string of the molecule is N=c1ccc2cc3c(oc-2c1)=c1ccc(N)cc1=CI=3. The lowest BCUT2D eigenvalue weighted by Crippen LogP contribution is -2.06. The van der Waals surface area contributed by atoms with Crippen molar-refractivity contribution in [3.05, 3.63) is 66.8 Å². The molecule has 0 atom stereocenters. The van der Waals surface area contributed by atoms with Crippen LogP contribution in [0, 0.1) is 19.2 Å². The maximum atomic E-state index is 7.71. The molecule has 0 unspecified atom stereocenters. The molecule has 1 aromatic rings. The van der Waals surface area contributed by atoms with Crippen molar-refractivity contribution < 1.29 is 4.42 Å². The predicted octanol–water partition coefficient (Wildman–Crippen LogP) is 2.71. The second kappa shape index (κ2) is 4.28. The number of nitrogen functional groups attached to an aromatic ring is 1. The molecule has 3 nitrogen and oxygen atoms in total. The minimum atomic E-state index is -0.211. The normalized spacial score (nSPS) is 12.6. The van der Waals surface area contributed by atoms with Crippen LogP contribution in [0.2, 0.25) is 0 Å². The van der Waals surface area contributed by atoms with Gasteiger partial charge in [0.15, 0.2) is 0 Å². The van der Waals surface area contributed by atoms with Crippen molar-refractivity contribution in [2.45, 2.75) is 0 Å². The third-order valence-electron chi connectivity index (χ3n) is 3.33. The summed E-state index contributed by atoms with van der Waals surface area (Å²) in [6.07, 6.45) is 0. The van der Waals surface area contributed by atoms with Gasteiger partial charge in [-0.3, -0.25) is 0 Å². The molecule has 98 valence electrons. The fourth-order valence-corrected chi connectivity index (χ4v) is 4.75. The third kappa shape index (κ3) is 1.79. The molecule has 0 spiro atoms. The first kappa shape index (κ1) is 11.8. The summed E-state index contributed by atoms with van der Waals surface area (Å²) in [6.45, 7) is 0. The second-order valence-corrected chi connectivity index (χ2v) is 7.15. The minimum absolute atomic E-state index is 0.211. The number of rotatable bonds is 0. The minimum Gasteiger partial charge on any atom is -0.455 e. The van der Waals surface area contributed by atoms with Crippen LogP contribution in [-0.4, -0.2) is 0 Å². The zero-order chi connectivity index (χ0) is 13.7. The van der Waals surface area contributed by atoms with Gasteiger partial charge in [0.05, 0.1) is 8.51 Å². The lowest BCUT2D eigenvalue weighted by molar-refractivity contribution is 0.530. The first-order chi connectivity index (χ1) is 9.70. The van der Waals surface area contributed by atoms with Gasteiger partial charge in [-0.25, -0.2) is 0 Å². The number of hydrogen-bond acceptors (Lipinski definition) is 3. The zero-order valence-electron chi connectivity index (χ0n) is 10.5. The van der Waals surface area contributed by atoms with Crippen molar-refractivity contribution in [2.75, 3.05) is 5.73 Å². The van der Waals surface area contributed by atoms with E-state index in [1.807, 2.05) is 24.3 Å². The Kier molecular flexibility index (Phi) is 2.53. The Labute approximate surface area is 124 Å². The van der Waals surface area contributed by atoms with Crippen LogP contribution < -0.4 is 16.3 Å². The summed E-state index contributed by atoms with van der Waals surface area (Å²) in [4.78, 5) is 0. The van der Waals surface area contributed by atoms with Crippen molar-refractivity contribution in [2.24, 2.45) is 0 Å². The van der Waals surface area contributed by atoms with E-state index in [9.17, 15) is 0 Å². The Balaban J connectivity index is 2.29. The van der Waals surface area contributed by atoms with Gasteiger partial charge in [0.25, 0.3) is 0 Å². The van der Waals surface area contributed by atoms with E-state index < -0.39 is 0 Å². The molecule has 20 heavy (non-hydrogen) atoms. The molecule has 2 aliphatic heterocycles. The van der Waals surface area contributed by atoms with Crippen molar-refractivity contribution >= 4 is 30.5 Å². The third-order valence-corrected chi connectivity index (χ3v) is 5.79. The van der Waals surface area contributed by atoms with Crippen LogP contribution in [-0.2, 0) is 0 Å². The van der Waals surface area contributed by atoms with Crippen LogP contribution in [0.3, 0.4) is 0 Å². The van der Waals surface area contributed by atoms with E-state index in [4.69, 9.17) is 15.6 Å². The van der Waals surface area contributed by atoms with Crippen LogP contribution in [0.5, 0.6) is 0 Å². The van der Waals surface area contributed by atoms with Gasteiger partial charge in [-0.1, -0.05) is 20.7 Å². The molecule has 4 heteroatoms. The van der Waals surface area contributed by atoms with Gasteiger partial charge >= 0.3 is 0 Å². The average Bonchev–Trinajstić information content (AvgIpc) is 2.44. The van der Waals surface area contributed by atoms with Gasteiger partial charge < -0.3 is 15.6 Å². The molecular formula is C16H11IN2O. The smallest absolute Gasteiger partial charge is 0.148 e. The Morgan fingerprint density at radius 3 is 2.85 bits per heavy atom. The van der Waals surface area contributed by atoms with Gasteiger partial charge in [0, 0.05) is 22.5 Å². The highest BCUT2D eigenvalue weighted by molar-refractivity contribution is 14.2. The van der Waals surface area contributed by atoms with E-state index in [1.165, 1.54) is 3.15 Å². The first-order valence-electron chi connectivity index (χ1n) is 6.20. The van der Waals surface area contributed by atoms with E-state index in [2.05, 4.69) is 10.1 Å². The number of nitrogens with two attached hydrogens (primary N) is 1. The van der Waals surface area contributed by atoms with Crippen molar-refractivity contribution in [3.8, 4) is 11.3 Å². The quantitative estimate of drug-likeness (QED) is 0.470. The van der Waals surface area contributed by atoms with Crippen LogP contribution in [0.4, 0.5) is 5.69 Å². The number of benzene rings is 2. The van der Waals surface area contributed by atoms with Crippen molar-refractivity contribution in [1.29, 1.82) is 5.41 Å². The van der Waals surface area contributed by atoms with Gasteiger partial charge in [-0.05, 0) is 45.7 Å². The molecule has 0 fully saturated rings. The van der Waals surface area contributed by atoms with Gasteiger partial charge in [0.2, 0.25) is 0 Å². The molecule has 1 aromatic carbocycles. The summed E-state index contributed by atoms with van der Waals surface area (Å²) < 4.78 is 9.65. The Bertz CT molecular complexity index is 1080. The maximum absolute atomic E-state index is 7.71. The molecule has 0 saturated carbocycles. The molecule has 0 radical (unpaired) electrons. The summed E-state index contributed by atoms with van der Waals surface area (Å²) in [5, 5.41) is 10.4. The first-order valence-corrected chi connectivity index (χ1v) is 8.52. The number of hydrogen-bond donors (Lipinski definition) is 2. The molecule has 0 saturated heterocycles.